The molecular formula is C23H25FN4O2. The van der Waals surface area contributed by atoms with E-state index in [1.54, 1.807) is 6.20 Å². The average molecular weight is 408 g/mol. The van der Waals surface area contributed by atoms with Gasteiger partial charge in [0.25, 0.3) is 5.91 Å². The number of hydrogen-bond donors (Lipinski definition) is 2. The van der Waals surface area contributed by atoms with Crippen molar-refractivity contribution in [2.45, 2.75) is 33.0 Å². The predicted molar refractivity (Wildman–Crippen MR) is 112 cm³/mol. The van der Waals surface area contributed by atoms with Crippen LogP contribution in [0.25, 0.3) is 0 Å². The summed E-state index contributed by atoms with van der Waals surface area (Å²) in [5.41, 5.74) is 2.34. The largest absolute Gasteiger partial charge is 0.350 e. The highest BCUT2D eigenvalue weighted by Crippen LogP contribution is 2.11. The Kier molecular flexibility index (Phi) is 6.95. The van der Waals surface area contributed by atoms with E-state index in [1.807, 2.05) is 55.1 Å². The molecule has 0 aliphatic carbocycles. The molecule has 1 atom stereocenters. The molecule has 0 spiro atoms. The molecular weight excluding hydrogens is 383 g/mol. The Morgan fingerprint density at radius 2 is 1.73 bits per heavy atom. The van der Waals surface area contributed by atoms with E-state index in [0.717, 1.165) is 11.1 Å². The van der Waals surface area contributed by atoms with Crippen LogP contribution in [0, 0.1) is 11.7 Å². The third-order valence-corrected chi connectivity index (χ3v) is 4.81. The molecule has 0 saturated carbocycles. The van der Waals surface area contributed by atoms with Gasteiger partial charge in [-0.3, -0.25) is 14.3 Å². The normalized spacial score (nSPS) is 11.9. The number of rotatable bonds is 8. The fourth-order valence-corrected chi connectivity index (χ4v) is 3.11. The molecule has 0 radical (unpaired) electrons. The second-order valence-electron chi connectivity index (χ2n) is 7.39. The molecule has 3 aromatic rings. The minimum atomic E-state index is -0.708. The SMILES string of the molecule is CC(C)C(NC(=O)c1ccc(F)cc1)C(=O)NCc1ccccc1Cn1cccn1. The van der Waals surface area contributed by atoms with Crippen molar-refractivity contribution in [3.8, 4) is 0 Å². The van der Waals surface area contributed by atoms with Crippen LogP contribution in [0.2, 0.25) is 0 Å². The molecule has 0 aliphatic rings. The molecule has 7 heteroatoms. The Morgan fingerprint density at radius 1 is 1.03 bits per heavy atom. The van der Waals surface area contributed by atoms with Crippen LogP contribution in [0.1, 0.15) is 35.3 Å². The lowest BCUT2D eigenvalue weighted by molar-refractivity contribution is -0.124. The van der Waals surface area contributed by atoms with E-state index in [4.69, 9.17) is 0 Å². The fourth-order valence-electron chi connectivity index (χ4n) is 3.11. The van der Waals surface area contributed by atoms with E-state index in [0.29, 0.717) is 18.7 Å². The number of hydrogen-bond acceptors (Lipinski definition) is 3. The average Bonchev–Trinajstić information content (AvgIpc) is 3.24. The molecule has 1 unspecified atom stereocenters. The molecule has 1 heterocycles. The topological polar surface area (TPSA) is 76.0 Å². The summed E-state index contributed by atoms with van der Waals surface area (Å²) in [6.45, 7) is 4.67. The summed E-state index contributed by atoms with van der Waals surface area (Å²) < 4.78 is 14.9. The van der Waals surface area contributed by atoms with E-state index in [-0.39, 0.29) is 11.8 Å². The van der Waals surface area contributed by atoms with Crippen LogP contribution in [0.15, 0.2) is 67.0 Å². The number of carbonyl (C=O) groups excluding carboxylic acids is 2. The molecule has 0 saturated heterocycles. The molecule has 2 N–H and O–H groups in total. The first kappa shape index (κ1) is 21.2. The van der Waals surface area contributed by atoms with Gasteiger partial charge in [0.05, 0.1) is 6.54 Å². The van der Waals surface area contributed by atoms with Crippen LogP contribution in [0.5, 0.6) is 0 Å². The van der Waals surface area contributed by atoms with Gasteiger partial charge < -0.3 is 10.6 Å². The minimum absolute atomic E-state index is 0.117. The van der Waals surface area contributed by atoms with Crippen molar-refractivity contribution in [2.75, 3.05) is 0 Å². The fraction of sp³-hybridized carbons (Fsp3) is 0.261. The molecule has 0 bridgehead atoms. The Labute approximate surface area is 175 Å². The summed E-state index contributed by atoms with van der Waals surface area (Å²) in [7, 11) is 0. The summed E-state index contributed by atoms with van der Waals surface area (Å²) in [5, 5.41) is 9.90. The van der Waals surface area contributed by atoms with Crippen molar-refractivity contribution in [2.24, 2.45) is 5.92 Å². The lowest BCUT2D eigenvalue weighted by Crippen LogP contribution is -2.49. The van der Waals surface area contributed by atoms with Crippen molar-refractivity contribution in [1.82, 2.24) is 20.4 Å². The maximum atomic E-state index is 13.1. The van der Waals surface area contributed by atoms with E-state index >= 15 is 0 Å². The number of halogens is 1. The summed E-state index contributed by atoms with van der Waals surface area (Å²) in [6, 6.07) is 14.2. The van der Waals surface area contributed by atoms with Crippen LogP contribution in [-0.4, -0.2) is 27.6 Å². The van der Waals surface area contributed by atoms with Gasteiger partial charge in [0, 0.05) is 24.5 Å². The molecule has 0 aliphatic heterocycles. The zero-order chi connectivity index (χ0) is 21.5. The summed E-state index contributed by atoms with van der Waals surface area (Å²) in [4.78, 5) is 25.3. The molecule has 0 fully saturated rings. The highest BCUT2D eigenvalue weighted by Gasteiger charge is 2.24. The molecule has 2 amide bonds. The standard InChI is InChI=1S/C23H25FN4O2/c1-16(2)21(27-22(29)17-8-10-20(24)11-9-17)23(30)25-14-18-6-3-4-7-19(18)15-28-13-5-12-26-28/h3-13,16,21H,14-15H2,1-2H3,(H,25,30)(H,27,29). The zero-order valence-corrected chi connectivity index (χ0v) is 17.0. The molecule has 2 aromatic carbocycles. The molecule has 30 heavy (non-hydrogen) atoms. The van der Waals surface area contributed by atoms with Crippen LogP contribution >= 0.6 is 0 Å². The van der Waals surface area contributed by atoms with Gasteiger partial charge in [-0.1, -0.05) is 38.1 Å². The van der Waals surface area contributed by atoms with E-state index in [2.05, 4.69) is 15.7 Å². The zero-order valence-electron chi connectivity index (χ0n) is 17.0. The van der Waals surface area contributed by atoms with E-state index in [1.165, 1.54) is 24.3 Å². The summed E-state index contributed by atoms with van der Waals surface area (Å²) in [5.74, 6) is -1.22. The smallest absolute Gasteiger partial charge is 0.251 e. The Hall–Kier alpha value is -3.48. The first-order chi connectivity index (χ1) is 14.4. The van der Waals surface area contributed by atoms with Gasteiger partial charge in [-0.15, -0.1) is 0 Å². The number of amides is 2. The summed E-state index contributed by atoms with van der Waals surface area (Å²) >= 11 is 0. The minimum Gasteiger partial charge on any atom is -0.350 e. The van der Waals surface area contributed by atoms with Gasteiger partial charge in [-0.2, -0.15) is 5.10 Å². The molecule has 3 rings (SSSR count). The van der Waals surface area contributed by atoms with Gasteiger partial charge >= 0.3 is 0 Å². The van der Waals surface area contributed by atoms with Crippen LogP contribution in [0.4, 0.5) is 4.39 Å². The molecule has 156 valence electrons. The first-order valence-electron chi connectivity index (χ1n) is 9.82. The second-order valence-corrected chi connectivity index (χ2v) is 7.39. The van der Waals surface area contributed by atoms with Crippen molar-refractivity contribution >= 4 is 11.8 Å². The van der Waals surface area contributed by atoms with Crippen molar-refractivity contribution < 1.29 is 14.0 Å². The van der Waals surface area contributed by atoms with Gasteiger partial charge in [-0.05, 0) is 47.4 Å². The summed E-state index contributed by atoms with van der Waals surface area (Å²) in [6.07, 6.45) is 3.61. The van der Waals surface area contributed by atoms with Crippen molar-refractivity contribution in [3.63, 3.8) is 0 Å². The lowest BCUT2D eigenvalue weighted by Gasteiger charge is -2.22. The molecule has 1 aromatic heterocycles. The number of aromatic nitrogens is 2. The first-order valence-corrected chi connectivity index (χ1v) is 9.82. The number of benzene rings is 2. The van der Waals surface area contributed by atoms with Crippen LogP contribution in [-0.2, 0) is 17.9 Å². The number of nitrogens with zero attached hydrogens (tertiary/aromatic N) is 2. The number of nitrogens with one attached hydrogen (secondary N) is 2. The van der Waals surface area contributed by atoms with Gasteiger partial charge in [0.2, 0.25) is 5.91 Å². The monoisotopic (exact) mass is 408 g/mol. The van der Waals surface area contributed by atoms with E-state index in [9.17, 15) is 14.0 Å². The quantitative estimate of drug-likeness (QED) is 0.601. The maximum absolute atomic E-state index is 13.1. The van der Waals surface area contributed by atoms with Gasteiger partial charge in [0.15, 0.2) is 0 Å². The Bertz CT molecular complexity index is 985. The lowest BCUT2D eigenvalue weighted by atomic mass is 10.0. The third-order valence-electron chi connectivity index (χ3n) is 4.81. The molecule has 6 nitrogen and oxygen atoms in total. The van der Waals surface area contributed by atoms with Gasteiger partial charge in [0.1, 0.15) is 11.9 Å². The van der Waals surface area contributed by atoms with Crippen LogP contribution < -0.4 is 10.6 Å². The van der Waals surface area contributed by atoms with Gasteiger partial charge in [-0.25, -0.2) is 4.39 Å². The van der Waals surface area contributed by atoms with Crippen LogP contribution in [0.3, 0.4) is 0 Å². The van der Waals surface area contributed by atoms with Crippen molar-refractivity contribution in [1.29, 1.82) is 0 Å². The Balaban J connectivity index is 1.64. The highest BCUT2D eigenvalue weighted by atomic mass is 19.1. The number of carbonyl (C=O) groups is 2. The highest BCUT2D eigenvalue weighted by molar-refractivity contribution is 5.97. The predicted octanol–water partition coefficient (Wildman–Crippen LogP) is 3.14. The second kappa shape index (κ2) is 9.82. The van der Waals surface area contributed by atoms with E-state index < -0.39 is 17.8 Å². The Morgan fingerprint density at radius 3 is 2.37 bits per heavy atom. The maximum Gasteiger partial charge on any atom is 0.251 e. The third kappa shape index (κ3) is 5.53. The van der Waals surface area contributed by atoms with Crippen molar-refractivity contribution in [3.05, 3.63) is 89.5 Å².